The van der Waals surface area contributed by atoms with Gasteiger partial charge in [0, 0.05) is 22.1 Å². The van der Waals surface area contributed by atoms with E-state index in [2.05, 4.69) is 22.0 Å². The second kappa shape index (κ2) is 9.58. The number of aryl methyl sites for hydroxylation is 2. The fourth-order valence-corrected chi connectivity index (χ4v) is 4.80. The molecule has 1 N–H and O–H groups in total. The van der Waals surface area contributed by atoms with Crippen LogP contribution in [0.4, 0.5) is 0 Å². The Morgan fingerprint density at radius 1 is 1.12 bits per heavy atom. The van der Waals surface area contributed by atoms with Crippen LogP contribution in [0.3, 0.4) is 0 Å². The van der Waals surface area contributed by atoms with Gasteiger partial charge in [0.25, 0.3) is 0 Å². The van der Waals surface area contributed by atoms with Gasteiger partial charge < -0.3 is 14.4 Å². The van der Waals surface area contributed by atoms with Crippen molar-refractivity contribution in [3.05, 3.63) is 75.9 Å². The highest BCUT2D eigenvalue weighted by molar-refractivity contribution is 9.10. The lowest BCUT2D eigenvalue weighted by atomic mass is 10.0. The molecule has 1 aromatic heterocycles. The predicted molar refractivity (Wildman–Crippen MR) is 130 cm³/mol. The number of nitrogens with zero attached hydrogens (tertiary/aromatic N) is 1. The summed E-state index contributed by atoms with van der Waals surface area (Å²) in [6, 6.07) is 17.4. The zero-order chi connectivity index (χ0) is 23.5. The number of aldehydes is 1. The van der Waals surface area contributed by atoms with E-state index >= 15 is 0 Å². The maximum Gasteiger partial charge on any atom is 0.341 e. The average molecular weight is 508 g/mol. The third-order valence-electron chi connectivity index (χ3n) is 5.77. The van der Waals surface area contributed by atoms with E-state index in [1.165, 1.54) is 5.56 Å². The first-order valence-corrected chi connectivity index (χ1v) is 11.3. The molecule has 0 aliphatic heterocycles. The number of aromatic nitrogens is 1. The second-order valence-corrected chi connectivity index (χ2v) is 8.65. The lowest BCUT2D eigenvalue weighted by Gasteiger charge is -2.12. The third kappa shape index (κ3) is 4.41. The quantitative estimate of drug-likeness (QED) is 0.187. The Morgan fingerprint density at radius 3 is 2.58 bits per heavy atom. The Labute approximate surface area is 198 Å². The molecule has 3 aromatic carbocycles. The van der Waals surface area contributed by atoms with Crippen LogP contribution in [0.1, 0.15) is 28.0 Å². The van der Waals surface area contributed by atoms with Crippen molar-refractivity contribution < 1.29 is 24.2 Å². The van der Waals surface area contributed by atoms with Crippen molar-refractivity contribution in [3.63, 3.8) is 0 Å². The minimum Gasteiger partial charge on any atom is -0.481 e. The number of halogens is 1. The zero-order valence-corrected chi connectivity index (χ0v) is 19.6. The van der Waals surface area contributed by atoms with Gasteiger partial charge in [-0.2, -0.15) is 0 Å². The molecule has 1 heterocycles. The Kier molecular flexibility index (Phi) is 6.60. The number of hydrogen-bond acceptors (Lipinski definition) is 4. The van der Waals surface area contributed by atoms with Gasteiger partial charge in [0.2, 0.25) is 5.78 Å². The normalized spacial score (nSPS) is 11.1. The van der Waals surface area contributed by atoms with Crippen LogP contribution >= 0.6 is 15.9 Å². The molecule has 33 heavy (non-hydrogen) atoms. The van der Waals surface area contributed by atoms with Crippen molar-refractivity contribution in [1.82, 2.24) is 4.57 Å². The lowest BCUT2D eigenvalue weighted by Crippen LogP contribution is -2.10. The van der Waals surface area contributed by atoms with Crippen molar-refractivity contribution in [2.24, 2.45) is 0 Å². The number of fused-ring (bicyclic) bond motifs is 2. The molecule has 0 fully saturated rings. The van der Waals surface area contributed by atoms with Gasteiger partial charge in [0.15, 0.2) is 12.9 Å². The van der Waals surface area contributed by atoms with Crippen molar-refractivity contribution in [2.75, 3.05) is 6.61 Å². The number of carbonyl (C=O) groups is 3. The number of ketones is 1. The first-order valence-electron chi connectivity index (χ1n) is 10.5. The molecule has 0 saturated carbocycles. The van der Waals surface area contributed by atoms with E-state index in [4.69, 9.17) is 4.74 Å². The van der Waals surface area contributed by atoms with Gasteiger partial charge in [-0.05, 0) is 42.8 Å². The molecule has 4 rings (SSSR count). The molecule has 0 spiro atoms. The minimum atomic E-state index is -1.12. The van der Waals surface area contributed by atoms with Gasteiger partial charge in [0.05, 0.1) is 16.5 Å². The highest BCUT2D eigenvalue weighted by Gasteiger charge is 2.25. The standard InChI is InChI=1S/C26H22BrNO5/c1-16-24(22(30)14-29)25-21(28(16)12-6-9-17-7-3-5-11-20(17)27)13-18-8-2-4-10-19(18)26(25)33-15-23(31)32/h2-5,7-8,10-11,13-14H,6,9,12,15H2,1H3,(H,31,32). The van der Waals surface area contributed by atoms with Crippen LogP contribution < -0.4 is 4.74 Å². The summed E-state index contributed by atoms with van der Waals surface area (Å²) in [5.41, 5.74) is 2.84. The first kappa shape index (κ1) is 22.7. The van der Waals surface area contributed by atoms with E-state index in [0.717, 1.165) is 28.2 Å². The zero-order valence-electron chi connectivity index (χ0n) is 18.0. The molecule has 0 aliphatic carbocycles. The first-order chi connectivity index (χ1) is 15.9. The second-order valence-electron chi connectivity index (χ2n) is 7.79. The van der Waals surface area contributed by atoms with E-state index in [9.17, 15) is 19.5 Å². The molecule has 0 radical (unpaired) electrons. The summed E-state index contributed by atoms with van der Waals surface area (Å²) in [6.45, 7) is 1.87. The summed E-state index contributed by atoms with van der Waals surface area (Å²) in [6.07, 6.45) is 1.93. The Balaban J connectivity index is 1.87. The van der Waals surface area contributed by atoms with Crippen LogP contribution in [0.25, 0.3) is 21.7 Å². The monoisotopic (exact) mass is 507 g/mol. The highest BCUT2D eigenvalue weighted by Crippen LogP contribution is 2.40. The van der Waals surface area contributed by atoms with Gasteiger partial charge in [-0.25, -0.2) is 4.79 Å². The number of benzene rings is 3. The molecular weight excluding hydrogens is 486 g/mol. The Bertz CT molecular complexity index is 1390. The van der Waals surface area contributed by atoms with Gasteiger partial charge in [0.1, 0.15) is 5.75 Å². The Hall–Kier alpha value is -3.45. The smallest absolute Gasteiger partial charge is 0.341 e. The molecule has 0 saturated heterocycles. The maximum atomic E-state index is 12.7. The number of hydrogen-bond donors (Lipinski definition) is 1. The van der Waals surface area contributed by atoms with Crippen LogP contribution in [0.15, 0.2) is 59.1 Å². The van der Waals surface area contributed by atoms with Gasteiger partial charge in [-0.3, -0.25) is 9.59 Å². The van der Waals surface area contributed by atoms with Crippen molar-refractivity contribution in [2.45, 2.75) is 26.3 Å². The molecule has 0 aliphatic rings. The molecule has 6 nitrogen and oxygen atoms in total. The number of aliphatic carboxylic acids is 1. The van der Waals surface area contributed by atoms with E-state index in [1.807, 2.05) is 53.1 Å². The predicted octanol–water partition coefficient (Wildman–Crippen LogP) is 5.34. The molecule has 0 bridgehead atoms. The van der Waals surface area contributed by atoms with E-state index in [0.29, 0.717) is 35.0 Å². The van der Waals surface area contributed by atoms with Crippen molar-refractivity contribution in [3.8, 4) is 5.75 Å². The summed E-state index contributed by atoms with van der Waals surface area (Å²) in [5.74, 6) is -1.47. The average Bonchev–Trinajstić information content (AvgIpc) is 3.08. The van der Waals surface area contributed by atoms with Gasteiger partial charge in [-0.15, -0.1) is 0 Å². The van der Waals surface area contributed by atoms with Crippen molar-refractivity contribution >= 4 is 55.6 Å². The van der Waals surface area contributed by atoms with Crippen LogP contribution in [-0.2, 0) is 22.6 Å². The van der Waals surface area contributed by atoms with E-state index < -0.39 is 18.4 Å². The molecular formula is C26H22BrNO5. The fraction of sp³-hybridized carbons (Fsp3) is 0.192. The number of carbonyl (C=O) groups excluding carboxylic acids is 2. The minimum absolute atomic E-state index is 0.257. The number of rotatable bonds is 9. The number of carboxylic acid groups (broad SMARTS) is 1. The summed E-state index contributed by atoms with van der Waals surface area (Å²) >= 11 is 3.58. The van der Waals surface area contributed by atoms with E-state index in [-0.39, 0.29) is 5.56 Å². The summed E-state index contributed by atoms with van der Waals surface area (Å²) < 4.78 is 8.76. The summed E-state index contributed by atoms with van der Waals surface area (Å²) in [7, 11) is 0. The van der Waals surface area contributed by atoms with Crippen LogP contribution in [0.2, 0.25) is 0 Å². The SMILES string of the molecule is Cc1c(C(=O)C=O)c2c(OCC(=O)O)c3ccccc3cc2n1CCCc1ccccc1Br. The topological polar surface area (TPSA) is 85.6 Å². The number of Topliss-reactive ketones (excluding diaryl/α,β-unsaturated/α-hetero) is 1. The van der Waals surface area contributed by atoms with Crippen molar-refractivity contribution in [1.29, 1.82) is 0 Å². The molecule has 0 amide bonds. The molecule has 0 unspecified atom stereocenters. The fourth-order valence-electron chi connectivity index (χ4n) is 4.31. The largest absolute Gasteiger partial charge is 0.481 e. The lowest BCUT2D eigenvalue weighted by molar-refractivity contribution is -0.139. The molecule has 7 heteroatoms. The van der Waals surface area contributed by atoms with Crippen LogP contribution in [0.5, 0.6) is 5.75 Å². The maximum absolute atomic E-state index is 12.7. The van der Waals surface area contributed by atoms with Gasteiger partial charge >= 0.3 is 5.97 Å². The molecule has 0 atom stereocenters. The third-order valence-corrected chi connectivity index (χ3v) is 6.54. The van der Waals surface area contributed by atoms with Crippen LogP contribution in [0, 0.1) is 6.92 Å². The summed E-state index contributed by atoms with van der Waals surface area (Å²) in [4.78, 5) is 35.4. The van der Waals surface area contributed by atoms with Crippen LogP contribution in [-0.4, -0.2) is 34.3 Å². The van der Waals surface area contributed by atoms with Gasteiger partial charge in [-0.1, -0.05) is 58.4 Å². The Morgan fingerprint density at radius 2 is 1.85 bits per heavy atom. The van der Waals surface area contributed by atoms with E-state index in [1.54, 1.807) is 6.92 Å². The number of carboxylic acids is 1. The summed E-state index contributed by atoms with van der Waals surface area (Å²) in [5, 5.41) is 11.2. The molecule has 4 aromatic rings. The number of ether oxygens (including phenoxy) is 1. The highest BCUT2D eigenvalue weighted by atomic mass is 79.9. The molecule has 168 valence electrons.